The van der Waals surface area contributed by atoms with Gasteiger partial charge in [0.05, 0.1) is 0 Å². The summed E-state index contributed by atoms with van der Waals surface area (Å²) in [4.78, 5) is 0. The molecule has 1 aromatic carbocycles. The van der Waals surface area contributed by atoms with Gasteiger partial charge < -0.3 is 0 Å². The maximum atomic E-state index is 11.0. The number of rotatable bonds is 3. The van der Waals surface area contributed by atoms with Crippen LogP contribution in [-0.2, 0) is 22.8 Å². The molecule has 0 N–H and O–H groups in total. The number of benzene rings is 1. The van der Waals surface area contributed by atoms with Crippen molar-refractivity contribution in [2.24, 2.45) is 0 Å². The Morgan fingerprint density at radius 3 is 2.55 bits per heavy atom. The summed E-state index contributed by atoms with van der Waals surface area (Å²) >= 11 is -1.22. The molecule has 0 atom stereocenters. The molecule has 0 aliphatic rings. The van der Waals surface area contributed by atoms with Crippen molar-refractivity contribution in [1.82, 2.24) is 0 Å². The summed E-state index contributed by atoms with van der Waals surface area (Å²) in [6, 6.07) is 9.78. The SMILES string of the molecule is C=[CH][Co](=[O])[CH2]c1ccccc1. The molecule has 0 aromatic heterocycles. The molecule has 0 saturated carbocycles. The zero-order valence-electron chi connectivity index (χ0n) is 6.12. The molecule has 0 aliphatic carbocycles. The summed E-state index contributed by atoms with van der Waals surface area (Å²) < 4.78 is 11.0. The van der Waals surface area contributed by atoms with Crippen LogP contribution in [0.4, 0.5) is 0 Å². The maximum absolute atomic E-state index is 11.0. The van der Waals surface area contributed by atoms with E-state index in [0.717, 1.165) is 5.56 Å². The third kappa shape index (κ3) is 2.78. The summed E-state index contributed by atoms with van der Waals surface area (Å²) in [5.74, 6) is 0. The van der Waals surface area contributed by atoms with E-state index < -0.39 is 13.6 Å². The van der Waals surface area contributed by atoms with Gasteiger partial charge in [0.25, 0.3) is 0 Å². The molecule has 0 spiro atoms. The second kappa shape index (κ2) is 4.21. The minimum absolute atomic E-state index is 0.608. The van der Waals surface area contributed by atoms with Crippen LogP contribution in [0.5, 0.6) is 0 Å². The molecule has 1 rings (SSSR count). The summed E-state index contributed by atoms with van der Waals surface area (Å²) in [5, 5.41) is 2.11. The van der Waals surface area contributed by atoms with E-state index in [1.807, 2.05) is 30.3 Å². The van der Waals surface area contributed by atoms with E-state index in [-0.39, 0.29) is 0 Å². The summed E-state index contributed by atoms with van der Waals surface area (Å²) in [6.45, 7) is 3.47. The van der Waals surface area contributed by atoms with E-state index >= 15 is 0 Å². The molecule has 0 aliphatic heterocycles. The van der Waals surface area contributed by atoms with Crippen LogP contribution in [-0.4, -0.2) is 0 Å². The predicted molar refractivity (Wildman–Crippen MR) is 41.0 cm³/mol. The fourth-order valence-electron chi connectivity index (χ4n) is 0.739. The molecule has 0 unspecified atom stereocenters. The molecule has 1 nitrogen and oxygen atoms in total. The van der Waals surface area contributed by atoms with E-state index in [4.69, 9.17) is 0 Å². The summed E-state index contributed by atoms with van der Waals surface area (Å²) in [6.07, 6.45) is 0. The number of hydrogen-bond acceptors (Lipinski definition) is 1. The summed E-state index contributed by atoms with van der Waals surface area (Å²) in [7, 11) is 0. The fourth-order valence-corrected chi connectivity index (χ4v) is 1.55. The van der Waals surface area contributed by atoms with Gasteiger partial charge >= 0.3 is 70.3 Å². The van der Waals surface area contributed by atoms with Crippen LogP contribution >= 0.6 is 0 Å². The van der Waals surface area contributed by atoms with Crippen molar-refractivity contribution in [2.45, 2.75) is 5.36 Å². The normalized spacial score (nSPS) is 10.7. The van der Waals surface area contributed by atoms with Gasteiger partial charge in [0.2, 0.25) is 0 Å². The monoisotopic (exact) mass is 193 g/mol. The van der Waals surface area contributed by atoms with Crippen molar-refractivity contribution in [1.29, 1.82) is 0 Å². The van der Waals surface area contributed by atoms with Crippen molar-refractivity contribution in [3.05, 3.63) is 47.5 Å². The molecular formula is C9H10CoO. The molecule has 0 saturated heterocycles. The van der Waals surface area contributed by atoms with Gasteiger partial charge in [-0.1, -0.05) is 0 Å². The number of hydrogen-bond donors (Lipinski definition) is 0. The first-order chi connectivity index (χ1) is 5.33. The standard InChI is InChI=1S/C7H7.C2H3.Co.O/c1-7-5-3-2-4-6-7;1-2;;/h2-6H,1H2;1H,2H2;;. The van der Waals surface area contributed by atoms with Gasteiger partial charge in [-0.2, -0.15) is 0 Å². The van der Waals surface area contributed by atoms with Crippen molar-refractivity contribution in [3.8, 4) is 0 Å². The molecule has 0 fully saturated rings. The average molecular weight is 193 g/mol. The Labute approximate surface area is 70.7 Å². The van der Waals surface area contributed by atoms with Gasteiger partial charge in [0.15, 0.2) is 0 Å². The zero-order chi connectivity index (χ0) is 8.10. The Morgan fingerprint density at radius 2 is 2.00 bits per heavy atom. The Hall–Kier alpha value is -0.734. The van der Waals surface area contributed by atoms with Crippen LogP contribution in [0.15, 0.2) is 41.9 Å². The molecular weight excluding hydrogens is 183 g/mol. The van der Waals surface area contributed by atoms with Gasteiger partial charge in [-0.15, -0.1) is 0 Å². The van der Waals surface area contributed by atoms with Gasteiger partial charge in [0.1, 0.15) is 0 Å². The molecule has 0 bridgehead atoms. The Kier molecular flexibility index (Phi) is 3.20. The second-order valence-corrected chi connectivity index (χ2v) is 3.81. The van der Waals surface area contributed by atoms with Crippen LogP contribution < -0.4 is 0 Å². The third-order valence-electron chi connectivity index (χ3n) is 1.25. The van der Waals surface area contributed by atoms with Crippen molar-refractivity contribution in [3.63, 3.8) is 0 Å². The van der Waals surface area contributed by atoms with Crippen LogP contribution in [0, 0.1) is 0 Å². The molecule has 61 valence electrons. The van der Waals surface area contributed by atoms with Gasteiger partial charge in [-0.25, -0.2) is 0 Å². The molecule has 11 heavy (non-hydrogen) atoms. The quantitative estimate of drug-likeness (QED) is 0.719. The molecule has 2 heteroatoms. The van der Waals surface area contributed by atoms with E-state index in [9.17, 15) is 3.87 Å². The van der Waals surface area contributed by atoms with Gasteiger partial charge in [-0.3, -0.25) is 0 Å². The Balaban J connectivity index is 2.65. The first-order valence-electron chi connectivity index (χ1n) is 3.24. The first kappa shape index (κ1) is 8.36. The topological polar surface area (TPSA) is 17.1 Å². The fraction of sp³-hybridized carbons (Fsp3) is 0.111. The van der Waals surface area contributed by atoms with Crippen LogP contribution in [0.2, 0.25) is 0 Å². The van der Waals surface area contributed by atoms with Crippen LogP contribution in [0.25, 0.3) is 0 Å². The Morgan fingerprint density at radius 1 is 1.36 bits per heavy atom. The minimum atomic E-state index is -1.22. The average Bonchev–Trinajstić information content (AvgIpc) is 2.06. The van der Waals surface area contributed by atoms with Crippen LogP contribution in [0.1, 0.15) is 5.56 Å². The molecule has 0 amide bonds. The molecule has 0 heterocycles. The van der Waals surface area contributed by atoms with E-state index in [0.29, 0.717) is 5.36 Å². The van der Waals surface area contributed by atoms with Crippen LogP contribution in [0.3, 0.4) is 0 Å². The van der Waals surface area contributed by atoms with E-state index in [1.54, 1.807) is 0 Å². The zero-order valence-corrected chi connectivity index (χ0v) is 7.16. The second-order valence-electron chi connectivity index (χ2n) is 2.05. The van der Waals surface area contributed by atoms with E-state index in [2.05, 4.69) is 6.58 Å². The molecule has 0 radical (unpaired) electrons. The van der Waals surface area contributed by atoms with E-state index in [1.165, 1.54) is 5.01 Å². The Bertz CT molecular complexity index is 254. The van der Waals surface area contributed by atoms with Crippen molar-refractivity contribution < 1.29 is 17.5 Å². The van der Waals surface area contributed by atoms with Crippen molar-refractivity contribution >= 4 is 0 Å². The van der Waals surface area contributed by atoms with Gasteiger partial charge in [-0.05, 0) is 0 Å². The third-order valence-corrected chi connectivity index (χ3v) is 2.51. The molecule has 1 aromatic rings. The predicted octanol–water partition coefficient (Wildman–Crippen LogP) is 2.29. The van der Waals surface area contributed by atoms with Gasteiger partial charge in [0, 0.05) is 0 Å². The first-order valence-corrected chi connectivity index (χ1v) is 5.00. The summed E-state index contributed by atoms with van der Waals surface area (Å²) in [5.41, 5.74) is 1.10. The van der Waals surface area contributed by atoms with Crippen molar-refractivity contribution in [2.75, 3.05) is 0 Å².